The summed E-state index contributed by atoms with van der Waals surface area (Å²) in [7, 11) is -0.920. The highest BCUT2D eigenvalue weighted by Gasteiger charge is 2.31. The third kappa shape index (κ3) is 5.44. The van der Waals surface area contributed by atoms with Crippen LogP contribution in [0, 0.1) is 17.8 Å². The van der Waals surface area contributed by atoms with Crippen molar-refractivity contribution in [1.29, 1.82) is 0 Å². The van der Waals surface area contributed by atoms with Gasteiger partial charge in [0.15, 0.2) is 13.8 Å². The van der Waals surface area contributed by atoms with Gasteiger partial charge in [-0.2, -0.15) is 5.10 Å². The Bertz CT molecular complexity index is 1040. The van der Waals surface area contributed by atoms with E-state index in [1.807, 2.05) is 30.3 Å². The highest BCUT2D eigenvalue weighted by molar-refractivity contribution is 7.91. The van der Waals surface area contributed by atoms with Gasteiger partial charge in [0.1, 0.15) is 0 Å². The summed E-state index contributed by atoms with van der Waals surface area (Å²) in [4.78, 5) is 2.14. The smallest absolute Gasteiger partial charge is 0.205 e. The van der Waals surface area contributed by atoms with E-state index in [4.69, 9.17) is 12.2 Å². The average Bonchev–Trinajstić information content (AvgIpc) is 3.17. The zero-order valence-corrected chi connectivity index (χ0v) is 20.3. The topological polar surface area (TPSA) is 85.1 Å². The first-order valence-electron chi connectivity index (χ1n) is 9.64. The molecule has 0 spiro atoms. The van der Waals surface area contributed by atoms with Gasteiger partial charge in [0, 0.05) is 23.3 Å². The molecule has 0 aromatic carbocycles. The zero-order chi connectivity index (χ0) is 21.6. The summed E-state index contributed by atoms with van der Waals surface area (Å²) in [6.07, 6.45) is 0.636. The van der Waals surface area contributed by atoms with Crippen molar-refractivity contribution >= 4 is 38.5 Å². The molecule has 162 valence electrons. The molecule has 1 aliphatic rings. The largest absolute Gasteiger partial charge is 0.356 e. The second-order valence-corrected chi connectivity index (χ2v) is 12.7. The van der Waals surface area contributed by atoms with Crippen molar-refractivity contribution in [2.75, 3.05) is 23.9 Å². The predicted molar refractivity (Wildman–Crippen MR) is 120 cm³/mol. The van der Waals surface area contributed by atoms with Gasteiger partial charge in [-0.05, 0) is 60.3 Å². The summed E-state index contributed by atoms with van der Waals surface area (Å²) >= 11 is 6.95. The predicted octanol–water partition coefficient (Wildman–Crippen LogP) is 3.15. The molecule has 0 bridgehead atoms. The summed E-state index contributed by atoms with van der Waals surface area (Å²) in [5.74, 6) is 0.431. The fourth-order valence-corrected chi connectivity index (χ4v) is 6.46. The number of anilines is 1. The van der Waals surface area contributed by atoms with Crippen LogP contribution in [0.3, 0.4) is 0 Å². The molecule has 3 rings (SSSR count). The van der Waals surface area contributed by atoms with E-state index in [1.165, 1.54) is 11.3 Å². The second kappa shape index (κ2) is 8.09. The molecule has 1 atom stereocenters. The SMILES string of the molecule is Cc1nn(C2CCS(=O)(=O)C2)c(C)c1CN(C)Cn1nc(NC(C)(C)C)sc1=S. The van der Waals surface area contributed by atoms with E-state index in [-0.39, 0.29) is 23.1 Å². The van der Waals surface area contributed by atoms with Crippen LogP contribution in [-0.2, 0) is 23.1 Å². The number of hydrogen-bond acceptors (Lipinski definition) is 8. The van der Waals surface area contributed by atoms with Gasteiger partial charge in [0.2, 0.25) is 5.13 Å². The number of aryl methyl sites for hydroxylation is 1. The molecular weight excluding hydrogens is 428 g/mol. The Morgan fingerprint density at radius 3 is 2.59 bits per heavy atom. The van der Waals surface area contributed by atoms with Crippen LogP contribution >= 0.6 is 23.6 Å². The highest BCUT2D eigenvalue weighted by Crippen LogP contribution is 2.27. The standard InChI is InChI=1S/C18H30N6O2S3/c1-12-15(13(2)24(20-12)14-7-8-29(25,26)10-14)9-22(6)11-23-17(27)28-16(21-23)19-18(3,4)5/h14H,7-11H2,1-6H3,(H,19,21). The molecule has 3 heterocycles. The molecule has 1 N–H and O–H groups in total. The Morgan fingerprint density at radius 2 is 2.00 bits per heavy atom. The summed E-state index contributed by atoms with van der Waals surface area (Å²) in [5, 5.41) is 13.4. The van der Waals surface area contributed by atoms with Crippen LogP contribution in [0.25, 0.3) is 0 Å². The Kier molecular flexibility index (Phi) is 6.24. The molecule has 2 aromatic heterocycles. The molecule has 0 aliphatic carbocycles. The number of rotatable bonds is 6. The van der Waals surface area contributed by atoms with Crippen LogP contribution in [-0.4, -0.2) is 57.0 Å². The Labute approximate surface area is 181 Å². The molecule has 1 aliphatic heterocycles. The maximum absolute atomic E-state index is 11.8. The van der Waals surface area contributed by atoms with Crippen LogP contribution < -0.4 is 5.32 Å². The lowest BCUT2D eigenvalue weighted by Gasteiger charge is -2.19. The van der Waals surface area contributed by atoms with Gasteiger partial charge in [-0.1, -0.05) is 11.3 Å². The molecule has 2 aromatic rings. The summed E-state index contributed by atoms with van der Waals surface area (Å²) in [5.41, 5.74) is 3.04. The molecular formula is C18H30N6O2S3. The van der Waals surface area contributed by atoms with Crippen molar-refractivity contribution < 1.29 is 8.42 Å². The average molecular weight is 459 g/mol. The molecule has 0 saturated carbocycles. The third-order valence-corrected chi connectivity index (χ3v) is 7.89. The van der Waals surface area contributed by atoms with Crippen LogP contribution in [0.2, 0.25) is 0 Å². The van der Waals surface area contributed by atoms with Gasteiger partial charge in [0.05, 0.1) is 29.9 Å². The molecule has 1 unspecified atom stereocenters. The van der Waals surface area contributed by atoms with Gasteiger partial charge >= 0.3 is 0 Å². The number of nitrogens with zero attached hydrogens (tertiary/aromatic N) is 5. The first-order chi connectivity index (χ1) is 13.3. The maximum atomic E-state index is 11.8. The number of hydrogen-bond donors (Lipinski definition) is 1. The molecule has 0 radical (unpaired) electrons. The van der Waals surface area contributed by atoms with E-state index in [0.29, 0.717) is 19.6 Å². The van der Waals surface area contributed by atoms with Crippen molar-refractivity contribution in [3.05, 3.63) is 20.9 Å². The lowest BCUT2D eigenvalue weighted by Crippen LogP contribution is -2.27. The Hall–Kier alpha value is -1.30. The molecule has 8 nitrogen and oxygen atoms in total. The Morgan fingerprint density at radius 1 is 1.31 bits per heavy atom. The number of nitrogens with one attached hydrogen (secondary N) is 1. The minimum Gasteiger partial charge on any atom is -0.356 e. The highest BCUT2D eigenvalue weighted by atomic mass is 32.2. The second-order valence-electron chi connectivity index (χ2n) is 8.85. The van der Waals surface area contributed by atoms with Crippen LogP contribution in [0.1, 0.15) is 50.2 Å². The third-order valence-electron chi connectivity index (χ3n) is 4.92. The van der Waals surface area contributed by atoms with Gasteiger partial charge in [-0.3, -0.25) is 9.58 Å². The van der Waals surface area contributed by atoms with Crippen molar-refractivity contribution in [2.24, 2.45) is 0 Å². The zero-order valence-electron chi connectivity index (χ0n) is 17.9. The first-order valence-corrected chi connectivity index (χ1v) is 12.7. The van der Waals surface area contributed by atoms with E-state index >= 15 is 0 Å². The van der Waals surface area contributed by atoms with Gasteiger partial charge in [-0.15, -0.1) is 5.10 Å². The summed E-state index contributed by atoms with van der Waals surface area (Å²) in [6.45, 7) is 11.5. The van der Waals surface area contributed by atoms with Gasteiger partial charge in [0.25, 0.3) is 0 Å². The van der Waals surface area contributed by atoms with Gasteiger partial charge in [-0.25, -0.2) is 13.1 Å². The first kappa shape index (κ1) is 22.4. The van der Waals surface area contributed by atoms with Crippen molar-refractivity contribution in [2.45, 2.75) is 65.8 Å². The van der Waals surface area contributed by atoms with Crippen molar-refractivity contribution in [3.8, 4) is 0 Å². The Balaban J connectivity index is 1.72. The normalized spacial score (nSPS) is 19.2. The van der Waals surface area contributed by atoms with E-state index in [9.17, 15) is 8.42 Å². The molecule has 0 amide bonds. The fraction of sp³-hybridized carbons (Fsp3) is 0.722. The van der Waals surface area contributed by atoms with Crippen molar-refractivity contribution in [3.63, 3.8) is 0 Å². The molecule has 29 heavy (non-hydrogen) atoms. The van der Waals surface area contributed by atoms with Crippen molar-refractivity contribution in [1.82, 2.24) is 24.5 Å². The quantitative estimate of drug-likeness (QED) is 0.666. The summed E-state index contributed by atoms with van der Waals surface area (Å²) in [6, 6.07) is -0.0593. The number of aromatic nitrogens is 4. The molecule has 1 saturated heterocycles. The van der Waals surface area contributed by atoms with E-state index in [1.54, 1.807) is 0 Å². The minimum absolute atomic E-state index is 0.0593. The van der Waals surface area contributed by atoms with Gasteiger partial charge < -0.3 is 5.32 Å². The fourth-order valence-electron chi connectivity index (χ4n) is 3.57. The molecule has 1 fully saturated rings. The van der Waals surface area contributed by atoms with E-state index in [0.717, 1.165) is 26.0 Å². The maximum Gasteiger partial charge on any atom is 0.205 e. The van der Waals surface area contributed by atoms with E-state index < -0.39 is 9.84 Å². The minimum atomic E-state index is -2.94. The lowest BCUT2D eigenvalue weighted by atomic mass is 10.1. The number of sulfone groups is 1. The van der Waals surface area contributed by atoms with Crippen LogP contribution in [0.15, 0.2) is 0 Å². The molecule has 11 heteroatoms. The van der Waals surface area contributed by atoms with Crippen LogP contribution in [0.4, 0.5) is 5.13 Å². The monoisotopic (exact) mass is 458 g/mol. The van der Waals surface area contributed by atoms with Crippen LogP contribution in [0.5, 0.6) is 0 Å². The lowest BCUT2D eigenvalue weighted by molar-refractivity contribution is 0.244. The van der Waals surface area contributed by atoms with E-state index in [2.05, 4.69) is 41.2 Å². The summed E-state index contributed by atoms with van der Waals surface area (Å²) < 4.78 is 28.1.